The molecule has 1 saturated carbocycles. The molecule has 14 heteroatoms. The normalized spacial score (nSPS) is 19.4. The van der Waals surface area contributed by atoms with Gasteiger partial charge in [-0.2, -0.15) is 13.2 Å². The van der Waals surface area contributed by atoms with E-state index in [0.717, 1.165) is 11.6 Å². The Kier molecular flexibility index (Phi) is 8.64. The van der Waals surface area contributed by atoms with Crippen molar-refractivity contribution in [3.63, 3.8) is 0 Å². The second-order valence-electron chi connectivity index (χ2n) is 13.1. The van der Waals surface area contributed by atoms with Crippen LogP contribution in [-0.4, -0.2) is 57.1 Å². The van der Waals surface area contributed by atoms with Gasteiger partial charge in [-0.3, -0.25) is 4.79 Å². The summed E-state index contributed by atoms with van der Waals surface area (Å²) in [6.07, 6.45) is -3.13. The number of nitrogens with zero attached hydrogens (tertiary/aromatic N) is 4. The van der Waals surface area contributed by atoms with Gasteiger partial charge < -0.3 is 24.1 Å². The zero-order valence-electron chi connectivity index (χ0n) is 27.5. The molecular formula is C37H32F5N5O4. The van der Waals surface area contributed by atoms with Crippen LogP contribution in [0.2, 0.25) is 0 Å². The molecule has 4 atom stereocenters. The molecule has 2 amide bonds. The van der Waals surface area contributed by atoms with E-state index in [-0.39, 0.29) is 54.7 Å². The molecule has 3 aromatic heterocycles. The van der Waals surface area contributed by atoms with Gasteiger partial charge in [0, 0.05) is 48.9 Å². The molecule has 2 aromatic carbocycles. The van der Waals surface area contributed by atoms with Gasteiger partial charge in [-0.05, 0) is 61.4 Å². The Morgan fingerprint density at radius 1 is 0.961 bits per heavy atom. The first kappa shape index (κ1) is 33.9. The number of aryl methyl sites for hydroxylation is 1. The molecule has 0 radical (unpaired) electrons. The second kappa shape index (κ2) is 13.0. The van der Waals surface area contributed by atoms with E-state index < -0.39 is 41.8 Å². The van der Waals surface area contributed by atoms with Crippen LogP contribution in [0.5, 0.6) is 5.88 Å². The largest absolute Gasteiger partial charge is 0.474 e. The number of alkyl carbamates (subject to hydrolysis) is 1. The Morgan fingerprint density at radius 2 is 1.67 bits per heavy atom. The van der Waals surface area contributed by atoms with E-state index in [0.29, 0.717) is 22.5 Å². The molecule has 1 saturated heterocycles. The van der Waals surface area contributed by atoms with Gasteiger partial charge in [0.25, 0.3) is 5.91 Å². The number of rotatable bonds is 9. The highest BCUT2D eigenvalue weighted by molar-refractivity contribution is 5.95. The quantitative estimate of drug-likeness (QED) is 0.164. The monoisotopic (exact) mass is 705 g/mol. The number of benzene rings is 2. The zero-order chi connectivity index (χ0) is 36.1. The second-order valence-corrected chi connectivity index (χ2v) is 13.1. The molecule has 0 bridgehead atoms. The highest BCUT2D eigenvalue weighted by Gasteiger charge is 2.59. The van der Waals surface area contributed by atoms with Gasteiger partial charge in [-0.1, -0.05) is 30.3 Å². The predicted octanol–water partition coefficient (Wildman–Crippen LogP) is 7.12. The molecule has 2 fully saturated rings. The topological polar surface area (TPSA) is 98.1 Å². The first-order chi connectivity index (χ1) is 24.3. The van der Waals surface area contributed by atoms with Crippen molar-refractivity contribution >= 4 is 17.6 Å². The highest BCUT2D eigenvalue weighted by Crippen LogP contribution is 2.48. The maximum atomic E-state index is 14.8. The summed E-state index contributed by atoms with van der Waals surface area (Å²) in [5.41, 5.74) is -0.607. The van der Waals surface area contributed by atoms with Crippen molar-refractivity contribution in [1.82, 2.24) is 24.6 Å². The Bertz CT molecular complexity index is 2090. The Hall–Kier alpha value is -5.53. The number of ether oxygens (including phenoxy) is 2. The average molecular weight is 706 g/mol. The summed E-state index contributed by atoms with van der Waals surface area (Å²) in [6.45, 7) is 2.53. The third-order valence-electron chi connectivity index (χ3n) is 9.32. The van der Waals surface area contributed by atoms with Crippen molar-refractivity contribution in [2.75, 3.05) is 19.8 Å². The predicted molar refractivity (Wildman–Crippen MR) is 175 cm³/mol. The van der Waals surface area contributed by atoms with E-state index in [4.69, 9.17) is 9.47 Å². The summed E-state index contributed by atoms with van der Waals surface area (Å²) in [5.74, 6) is -1.11. The van der Waals surface area contributed by atoms with Crippen molar-refractivity contribution in [2.24, 2.45) is 11.8 Å². The summed E-state index contributed by atoms with van der Waals surface area (Å²) in [4.78, 5) is 36.3. The van der Waals surface area contributed by atoms with Gasteiger partial charge >= 0.3 is 12.3 Å². The third-order valence-corrected chi connectivity index (χ3v) is 9.32. The van der Waals surface area contributed by atoms with Crippen LogP contribution in [0.25, 0.3) is 16.9 Å². The molecule has 4 heterocycles. The summed E-state index contributed by atoms with van der Waals surface area (Å²) in [6, 6.07) is 18.5. The van der Waals surface area contributed by atoms with Crippen molar-refractivity contribution in [2.45, 2.75) is 38.3 Å². The third kappa shape index (κ3) is 6.94. The number of imidazole rings is 1. The number of aromatic nitrogens is 3. The van der Waals surface area contributed by atoms with E-state index in [1.165, 1.54) is 58.9 Å². The molecule has 264 valence electrons. The summed E-state index contributed by atoms with van der Waals surface area (Å²) in [5, 5.41) is 2.61. The molecule has 2 unspecified atom stereocenters. The molecule has 1 aliphatic carbocycles. The number of carbonyl (C=O) groups excluding carboxylic acids is 2. The summed E-state index contributed by atoms with van der Waals surface area (Å²) in [7, 11) is 0. The first-order valence-electron chi connectivity index (χ1n) is 16.2. The standard InChI is InChI=1S/C37H32F5N5O4/c1-21-15-46-16-24(12-29(33(46)43-21)37(40,41)42)34(48)47-17-27-28(18-47)32(27)51-31-14-25(13-30(44-31)23-8-10-26(39)11-9-23)36(2,20-38)45-35(49)50-19-22-6-4-3-5-7-22/h3-16,27-28,32H,17-20H2,1-2H3,(H,45,49)/t27-,28+,32?,36?. The minimum Gasteiger partial charge on any atom is -0.474 e. The Balaban J connectivity index is 1.09. The number of alkyl halides is 4. The smallest absolute Gasteiger partial charge is 0.420 e. The number of pyridine rings is 2. The Labute approximate surface area is 289 Å². The lowest BCUT2D eigenvalue weighted by Gasteiger charge is -2.29. The van der Waals surface area contributed by atoms with Gasteiger partial charge in [-0.25, -0.2) is 23.5 Å². The lowest BCUT2D eigenvalue weighted by atomic mass is 9.92. The van der Waals surface area contributed by atoms with Crippen molar-refractivity contribution in [1.29, 1.82) is 0 Å². The van der Waals surface area contributed by atoms with E-state index in [1.54, 1.807) is 37.3 Å². The van der Waals surface area contributed by atoms with Gasteiger partial charge in [0.1, 0.15) is 30.8 Å². The first-order valence-corrected chi connectivity index (χ1v) is 16.2. The van der Waals surface area contributed by atoms with E-state index in [2.05, 4.69) is 15.3 Å². The maximum Gasteiger partial charge on any atom is 0.420 e. The van der Waals surface area contributed by atoms with Crippen LogP contribution < -0.4 is 10.1 Å². The van der Waals surface area contributed by atoms with Crippen LogP contribution in [0, 0.1) is 24.6 Å². The number of fused-ring (bicyclic) bond motifs is 2. The fourth-order valence-corrected chi connectivity index (χ4v) is 6.50. The number of halogens is 5. The molecule has 9 nitrogen and oxygen atoms in total. The van der Waals surface area contributed by atoms with Gasteiger partial charge in [0.15, 0.2) is 0 Å². The lowest BCUT2D eigenvalue weighted by molar-refractivity contribution is -0.136. The van der Waals surface area contributed by atoms with Crippen molar-refractivity contribution in [3.8, 4) is 17.1 Å². The molecule has 5 aromatic rings. The number of hydrogen-bond acceptors (Lipinski definition) is 6. The lowest BCUT2D eigenvalue weighted by Crippen LogP contribution is -2.45. The molecule has 7 rings (SSSR count). The van der Waals surface area contributed by atoms with Crippen LogP contribution in [0.4, 0.5) is 26.7 Å². The number of piperidine rings is 1. The van der Waals surface area contributed by atoms with E-state index in [9.17, 15) is 31.5 Å². The van der Waals surface area contributed by atoms with Crippen molar-refractivity contribution in [3.05, 3.63) is 119 Å². The molecule has 51 heavy (non-hydrogen) atoms. The fourth-order valence-electron chi connectivity index (χ4n) is 6.50. The highest BCUT2D eigenvalue weighted by atomic mass is 19.4. The minimum atomic E-state index is -4.70. The van der Waals surface area contributed by atoms with Crippen LogP contribution >= 0.6 is 0 Å². The number of amides is 2. The van der Waals surface area contributed by atoms with Crippen LogP contribution in [0.3, 0.4) is 0 Å². The van der Waals surface area contributed by atoms with Crippen molar-refractivity contribution < 1.29 is 41.0 Å². The number of carbonyl (C=O) groups is 2. The Morgan fingerprint density at radius 3 is 2.33 bits per heavy atom. The zero-order valence-corrected chi connectivity index (χ0v) is 27.5. The number of hydrogen-bond donors (Lipinski definition) is 1. The van der Waals surface area contributed by atoms with Crippen LogP contribution in [0.1, 0.15) is 39.7 Å². The average Bonchev–Trinajstić information content (AvgIpc) is 3.39. The SMILES string of the molecule is Cc1cn2cc(C(=O)N3C[C@@H]4C(Oc5cc(C(C)(CF)NC(=O)OCc6ccccc6)cc(-c6ccc(F)cc6)n5)[C@@H]4C3)cc(C(F)(F)F)c2n1. The summed E-state index contributed by atoms with van der Waals surface area (Å²) < 4.78 is 82.9. The molecule has 0 spiro atoms. The maximum absolute atomic E-state index is 14.8. The van der Waals surface area contributed by atoms with Crippen LogP contribution in [0.15, 0.2) is 85.2 Å². The number of likely N-dealkylation sites (tertiary alicyclic amines) is 1. The molecule has 1 aliphatic heterocycles. The summed E-state index contributed by atoms with van der Waals surface area (Å²) >= 11 is 0. The molecule has 2 aliphatic rings. The van der Waals surface area contributed by atoms with E-state index in [1.807, 2.05) is 6.07 Å². The van der Waals surface area contributed by atoms with E-state index >= 15 is 0 Å². The fraction of sp³-hybridized carbons (Fsp3) is 0.297. The molecule has 1 N–H and O–H groups in total. The molecular weight excluding hydrogens is 673 g/mol. The van der Waals surface area contributed by atoms with Crippen LogP contribution in [-0.2, 0) is 23.1 Å². The number of nitrogens with one attached hydrogen (secondary N) is 1. The van der Waals surface area contributed by atoms with Gasteiger partial charge in [-0.15, -0.1) is 0 Å². The van der Waals surface area contributed by atoms with Gasteiger partial charge in [0.2, 0.25) is 5.88 Å². The minimum absolute atomic E-state index is 0.0219. The van der Waals surface area contributed by atoms with Gasteiger partial charge in [0.05, 0.1) is 28.1 Å².